The lowest BCUT2D eigenvalue weighted by Crippen LogP contribution is -2.43. The fourth-order valence-electron chi connectivity index (χ4n) is 2.85. The second kappa shape index (κ2) is 8.71. The van der Waals surface area contributed by atoms with Gasteiger partial charge in [-0.15, -0.1) is 0 Å². The molecule has 2 aromatic rings. The first kappa shape index (κ1) is 20.5. The summed E-state index contributed by atoms with van der Waals surface area (Å²) in [6.45, 7) is 12.9. The van der Waals surface area contributed by atoms with Crippen molar-refractivity contribution >= 4 is 21.9 Å². The van der Waals surface area contributed by atoms with E-state index in [1.807, 2.05) is 18.7 Å². The minimum atomic E-state index is -0.00295. The van der Waals surface area contributed by atoms with Crippen LogP contribution in [0.25, 0.3) is 0 Å². The molecule has 142 valence electrons. The Morgan fingerprint density at radius 2 is 1.85 bits per heavy atom. The zero-order chi connectivity index (χ0) is 19.3. The summed E-state index contributed by atoms with van der Waals surface area (Å²) in [4.78, 5) is 4.76. The smallest absolute Gasteiger partial charge is 0.191 e. The quantitative estimate of drug-likeness (QED) is 0.552. The molecule has 1 heterocycles. The van der Waals surface area contributed by atoms with Crippen LogP contribution in [0.3, 0.4) is 0 Å². The highest BCUT2D eigenvalue weighted by atomic mass is 79.9. The maximum absolute atomic E-state index is 4.76. The van der Waals surface area contributed by atoms with Crippen LogP contribution in [0.4, 0.5) is 0 Å². The highest BCUT2D eigenvalue weighted by molar-refractivity contribution is 9.10. The maximum Gasteiger partial charge on any atom is 0.191 e. The fraction of sp³-hybridized carbons (Fsp3) is 0.500. The molecular weight excluding hydrogens is 390 g/mol. The molecule has 0 atom stereocenters. The van der Waals surface area contributed by atoms with Gasteiger partial charge < -0.3 is 10.6 Å². The molecule has 5 nitrogen and oxygen atoms in total. The first-order valence-corrected chi connectivity index (χ1v) is 9.81. The third-order valence-corrected chi connectivity index (χ3v) is 5.25. The normalized spacial score (nSPS) is 12.3. The number of aryl methyl sites for hydroxylation is 2. The lowest BCUT2D eigenvalue weighted by atomic mass is 9.85. The summed E-state index contributed by atoms with van der Waals surface area (Å²) in [5.74, 6) is 0.834. The van der Waals surface area contributed by atoms with E-state index in [0.717, 1.165) is 34.9 Å². The molecular formula is C20H30BrN5. The molecule has 0 aliphatic carbocycles. The summed E-state index contributed by atoms with van der Waals surface area (Å²) < 4.78 is 3.01. The third-order valence-electron chi connectivity index (χ3n) is 4.72. The van der Waals surface area contributed by atoms with Crippen molar-refractivity contribution in [3.63, 3.8) is 0 Å². The molecule has 1 aromatic carbocycles. The van der Waals surface area contributed by atoms with Gasteiger partial charge in [-0.25, -0.2) is 4.99 Å². The van der Waals surface area contributed by atoms with E-state index in [2.05, 4.69) is 83.6 Å². The van der Waals surface area contributed by atoms with Crippen molar-refractivity contribution in [2.75, 3.05) is 13.1 Å². The van der Waals surface area contributed by atoms with Gasteiger partial charge in [0.1, 0.15) is 0 Å². The number of nitrogens with one attached hydrogen (secondary N) is 2. The molecule has 0 radical (unpaired) electrons. The number of hydrogen-bond acceptors (Lipinski definition) is 2. The topological polar surface area (TPSA) is 54.2 Å². The summed E-state index contributed by atoms with van der Waals surface area (Å²) >= 11 is 3.50. The minimum Gasteiger partial charge on any atom is -0.357 e. The van der Waals surface area contributed by atoms with Crippen LogP contribution in [0, 0.1) is 13.8 Å². The molecule has 0 saturated heterocycles. The predicted octanol–water partition coefficient (Wildman–Crippen LogP) is 3.83. The first-order valence-electron chi connectivity index (χ1n) is 9.02. The van der Waals surface area contributed by atoms with Gasteiger partial charge in [0.2, 0.25) is 0 Å². The standard InChI is InChI=1S/C20H30BrN5/c1-7-22-19(23-12-18-14(2)25-26(6)15(18)3)24-13-20(4,5)16-8-10-17(21)11-9-16/h8-11H,7,12-13H2,1-6H3,(H2,22,23,24). The van der Waals surface area contributed by atoms with Gasteiger partial charge in [-0.2, -0.15) is 5.10 Å². The number of halogens is 1. The number of rotatable bonds is 6. The second-order valence-electron chi connectivity index (χ2n) is 7.21. The zero-order valence-corrected chi connectivity index (χ0v) is 18.2. The van der Waals surface area contributed by atoms with Crippen molar-refractivity contribution in [1.29, 1.82) is 0 Å². The summed E-state index contributed by atoms with van der Waals surface area (Å²) in [5.41, 5.74) is 4.69. The SMILES string of the molecule is CCNC(=NCc1c(C)nn(C)c1C)NCC(C)(C)c1ccc(Br)cc1. The van der Waals surface area contributed by atoms with Crippen molar-refractivity contribution in [3.05, 3.63) is 51.3 Å². The summed E-state index contributed by atoms with van der Waals surface area (Å²) in [6.07, 6.45) is 0. The monoisotopic (exact) mass is 419 g/mol. The molecule has 0 unspecified atom stereocenters. The first-order chi connectivity index (χ1) is 12.2. The Balaban J connectivity index is 2.08. The number of guanidine groups is 1. The average Bonchev–Trinajstić information content (AvgIpc) is 2.83. The van der Waals surface area contributed by atoms with Crippen LogP contribution in [0.1, 0.15) is 43.3 Å². The van der Waals surface area contributed by atoms with Crippen molar-refractivity contribution in [3.8, 4) is 0 Å². The Bertz CT molecular complexity index is 759. The van der Waals surface area contributed by atoms with Crippen molar-refractivity contribution in [2.24, 2.45) is 12.0 Å². The number of nitrogens with zero attached hydrogens (tertiary/aromatic N) is 3. The van der Waals surface area contributed by atoms with Crippen LogP contribution >= 0.6 is 15.9 Å². The van der Waals surface area contributed by atoms with Crippen molar-refractivity contribution in [2.45, 2.75) is 46.6 Å². The van der Waals surface area contributed by atoms with Gasteiger partial charge in [0.15, 0.2) is 5.96 Å². The summed E-state index contributed by atoms with van der Waals surface area (Å²) in [7, 11) is 1.97. The highest BCUT2D eigenvalue weighted by Crippen LogP contribution is 2.24. The van der Waals surface area contributed by atoms with Crippen molar-refractivity contribution < 1.29 is 0 Å². The molecule has 2 rings (SSSR count). The molecule has 0 aliphatic rings. The van der Waals surface area contributed by atoms with E-state index in [1.165, 1.54) is 11.1 Å². The van der Waals surface area contributed by atoms with E-state index in [4.69, 9.17) is 4.99 Å². The Hall–Kier alpha value is -1.82. The molecule has 26 heavy (non-hydrogen) atoms. The maximum atomic E-state index is 4.76. The van der Waals surface area contributed by atoms with Crippen LogP contribution in [0.2, 0.25) is 0 Å². The van der Waals surface area contributed by atoms with Crippen LogP contribution in [-0.2, 0) is 19.0 Å². The van der Waals surface area contributed by atoms with E-state index in [9.17, 15) is 0 Å². The Labute approximate surface area is 165 Å². The van der Waals surface area contributed by atoms with Gasteiger partial charge in [0.25, 0.3) is 0 Å². The molecule has 0 bridgehead atoms. The predicted molar refractivity (Wildman–Crippen MR) is 113 cm³/mol. The fourth-order valence-corrected chi connectivity index (χ4v) is 3.12. The van der Waals surface area contributed by atoms with Gasteiger partial charge >= 0.3 is 0 Å². The number of benzene rings is 1. The van der Waals surface area contributed by atoms with Gasteiger partial charge in [-0.1, -0.05) is 41.9 Å². The summed E-state index contributed by atoms with van der Waals surface area (Å²) in [5, 5.41) is 11.3. The van der Waals surface area contributed by atoms with Crippen LogP contribution in [0.5, 0.6) is 0 Å². The largest absolute Gasteiger partial charge is 0.357 e. The number of aromatic nitrogens is 2. The van der Waals surface area contributed by atoms with E-state index in [0.29, 0.717) is 6.54 Å². The molecule has 1 aromatic heterocycles. The highest BCUT2D eigenvalue weighted by Gasteiger charge is 2.21. The van der Waals surface area contributed by atoms with Gasteiger partial charge in [0.05, 0.1) is 12.2 Å². The minimum absolute atomic E-state index is 0.00295. The zero-order valence-electron chi connectivity index (χ0n) is 16.7. The average molecular weight is 420 g/mol. The molecule has 2 N–H and O–H groups in total. The molecule has 0 spiro atoms. The Morgan fingerprint density at radius 3 is 2.38 bits per heavy atom. The van der Waals surface area contributed by atoms with Gasteiger partial charge in [-0.3, -0.25) is 4.68 Å². The molecule has 0 saturated carbocycles. The lowest BCUT2D eigenvalue weighted by molar-refractivity contribution is 0.508. The molecule has 0 amide bonds. The summed E-state index contributed by atoms with van der Waals surface area (Å²) in [6, 6.07) is 8.51. The van der Waals surface area contributed by atoms with E-state index in [1.54, 1.807) is 0 Å². The molecule has 0 aliphatic heterocycles. The Morgan fingerprint density at radius 1 is 1.19 bits per heavy atom. The number of hydrogen-bond donors (Lipinski definition) is 2. The van der Waals surface area contributed by atoms with Crippen LogP contribution in [-0.4, -0.2) is 28.8 Å². The van der Waals surface area contributed by atoms with Crippen LogP contribution in [0.15, 0.2) is 33.7 Å². The van der Waals surface area contributed by atoms with E-state index >= 15 is 0 Å². The van der Waals surface area contributed by atoms with E-state index < -0.39 is 0 Å². The van der Waals surface area contributed by atoms with Gasteiger partial charge in [0, 0.05) is 41.3 Å². The van der Waals surface area contributed by atoms with Crippen LogP contribution < -0.4 is 10.6 Å². The van der Waals surface area contributed by atoms with E-state index in [-0.39, 0.29) is 5.41 Å². The number of aliphatic imine (C=N–C) groups is 1. The van der Waals surface area contributed by atoms with Crippen molar-refractivity contribution in [1.82, 2.24) is 20.4 Å². The second-order valence-corrected chi connectivity index (χ2v) is 8.13. The Kier molecular flexibility index (Phi) is 6.87. The molecule has 0 fully saturated rings. The van der Waals surface area contributed by atoms with Gasteiger partial charge in [-0.05, 0) is 38.5 Å². The third kappa shape index (κ3) is 5.10. The lowest BCUT2D eigenvalue weighted by Gasteiger charge is -2.27. The molecule has 6 heteroatoms.